The van der Waals surface area contributed by atoms with Gasteiger partial charge < -0.3 is 15.1 Å². The maximum atomic E-state index is 11.7. The van der Waals surface area contributed by atoms with Crippen molar-refractivity contribution >= 4 is 23.2 Å². The molecule has 4 nitrogen and oxygen atoms in total. The Balaban J connectivity index is 1.97. The van der Waals surface area contributed by atoms with Gasteiger partial charge in [-0.3, -0.25) is 4.79 Å². The second kappa shape index (κ2) is 7.18. The monoisotopic (exact) mass is 306 g/mol. The zero-order chi connectivity index (χ0) is 15.2. The predicted octanol–water partition coefficient (Wildman–Crippen LogP) is 3.73. The van der Waals surface area contributed by atoms with Crippen molar-refractivity contribution in [3.8, 4) is 0 Å². The van der Waals surface area contributed by atoms with E-state index in [-0.39, 0.29) is 11.9 Å². The van der Waals surface area contributed by atoms with Gasteiger partial charge in [0.25, 0.3) is 5.91 Å². The Bertz CT molecular complexity index is 596. The van der Waals surface area contributed by atoms with Gasteiger partial charge in [-0.1, -0.05) is 11.6 Å². The third kappa shape index (κ3) is 4.26. The van der Waals surface area contributed by atoms with Crippen LogP contribution in [0.2, 0.25) is 5.02 Å². The van der Waals surface area contributed by atoms with Crippen LogP contribution in [0.15, 0.2) is 41.0 Å². The molecule has 112 valence electrons. The van der Waals surface area contributed by atoms with Crippen molar-refractivity contribution in [2.24, 2.45) is 0 Å². The third-order valence-corrected chi connectivity index (χ3v) is 3.58. The molecular formula is C16H19ClN2O2. The summed E-state index contributed by atoms with van der Waals surface area (Å²) in [6.07, 6.45) is 3.49. The van der Waals surface area contributed by atoms with Gasteiger partial charge >= 0.3 is 0 Å². The Morgan fingerprint density at radius 1 is 1.38 bits per heavy atom. The molecule has 0 bridgehead atoms. The highest BCUT2D eigenvalue weighted by atomic mass is 35.5. The van der Waals surface area contributed by atoms with Crippen molar-refractivity contribution in [1.82, 2.24) is 5.32 Å². The molecule has 0 fully saturated rings. The van der Waals surface area contributed by atoms with E-state index in [1.807, 2.05) is 18.2 Å². The van der Waals surface area contributed by atoms with E-state index in [1.165, 1.54) is 0 Å². The van der Waals surface area contributed by atoms with Gasteiger partial charge in [0.1, 0.15) is 5.76 Å². The molecule has 0 aliphatic carbocycles. The highest BCUT2D eigenvalue weighted by Gasteiger charge is 2.11. The molecule has 2 rings (SSSR count). The summed E-state index contributed by atoms with van der Waals surface area (Å²) in [5.41, 5.74) is 1.35. The number of hydrogen-bond acceptors (Lipinski definition) is 3. The quantitative estimate of drug-likeness (QED) is 0.855. The van der Waals surface area contributed by atoms with Gasteiger partial charge in [0.2, 0.25) is 0 Å². The SMILES string of the molecule is CNC(=O)c1cc(NC(C)CCc2ccco2)ccc1Cl. The van der Waals surface area contributed by atoms with E-state index in [9.17, 15) is 4.79 Å². The summed E-state index contributed by atoms with van der Waals surface area (Å²) in [6.45, 7) is 2.09. The molecule has 1 aromatic carbocycles. The number of anilines is 1. The van der Waals surface area contributed by atoms with Gasteiger partial charge in [-0.15, -0.1) is 0 Å². The van der Waals surface area contributed by atoms with E-state index < -0.39 is 0 Å². The number of hydrogen-bond donors (Lipinski definition) is 2. The smallest absolute Gasteiger partial charge is 0.252 e. The van der Waals surface area contributed by atoms with Crippen molar-refractivity contribution < 1.29 is 9.21 Å². The van der Waals surface area contributed by atoms with E-state index in [0.29, 0.717) is 10.6 Å². The highest BCUT2D eigenvalue weighted by molar-refractivity contribution is 6.34. The maximum absolute atomic E-state index is 11.7. The molecule has 2 aromatic rings. The number of amides is 1. The number of nitrogens with one attached hydrogen (secondary N) is 2. The van der Waals surface area contributed by atoms with Crippen LogP contribution >= 0.6 is 11.6 Å². The van der Waals surface area contributed by atoms with Gasteiger partial charge in [0, 0.05) is 25.2 Å². The van der Waals surface area contributed by atoms with Crippen LogP contribution < -0.4 is 10.6 Å². The zero-order valence-corrected chi connectivity index (χ0v) is 12.9. The summed E-state index contributed by atoms with van der Waals surface area (Å²) < 4.78 is 5.32. The molecule has 1 unspecified atom stereocenters. The molecule has 1 atom stereocenters. The fourth-order valence-electron chi connectivity index (χ4n) is 2.09. The zero-order valence-electron chi connectivity index (χ0n) is 12.2. The first-order valence-corrected chi connectivity index (χ1v) is 7.28. The number of rotatable bonds is 6. The van der Waals surface area contributed by atoms with Crippen molar-refractivity contribution in [1.29, 1.82) is 0 Å². The number of halogens is 1. The van der Waals surface area contributed by atoms with Gasteiger partial charge in [-0.05, 0) is 43.7 Å². The first-order valence-electron chi connectivity index (χ1n) is 6.90. The fourth-order valence-corrected chi connectivity index (χ4v) is 2.30. The number of carbonyl (C=O) groups is 1. The summed E-state index contributed by atoms with van der Waals surface area (Å²) in [7, 11) is 1.59. The van der Waals surface area contributed by atoms with Crippen LogP contribution in [-0.2, 0) is 6.42 Å². The summed E-state index contributed by atoms with van der Waals surface area (Å²) in [5.74, 6) is 0.790. The Hall–Kier alpha value is -1.94. The Morgan fingerprint density at radius 2 is 2.19 bits per heavy atom. The molecule has 0 saturated carbocycles. The van der Waals surface area contributed by atoms with Gasteiger partial charge in [-0.25, -0.2) is 0 Å². The Labute approximate surface area is 129 Å². The van der Waals surface area contributed by atoms with Crippen LogP contribution in [-0.4, -0.2) is 19.0 Å². The lowest BCUT2D eigenvalue weighted by Crippen LogP contribution is -2.20. The van der Waals surface area contributed by atoms with E-state index in [0.717, 1.165) is 24.3 Å². The molecule has 0 aliphatic rings. The third-order valence-electron chi connectivity index (χ3n) is 3.25. The highest BCUT2D eigenvalue weighted by Crippen LogP contribution is 2.21. The van der Waals surface area contributed by atoms with E-state index in [1.54, 1.807) is 25.4 Å². The Morgan fingerprint density at radius 3 is 2.86 bits per heavy atom. The first-order chi connectivity index (χ1) is 10.1. The minimum absolute atomic E-state index is 0.188. The van der Waals surface area contributed by atoms with Crippen LogP contribution in [0.1, 0.15) is 29.5 Å². The minimum Gasteiger partial charge on any atom is -0.469 e. The number of furan rings is 1. The van der Waals surface area contributed by atoms with Crippen LogP contribution in [0.5, 0.6) is 0 Å². The van der Waals surface area contributed by atoms with Crippen molar-refractivity contribution in [2.75, 3.05) is 12.4 Å². The normalized spacial score (nSPS) is 12.0. The first kappa shape index (κ1) is 15.4. The van der Waals surface area contributed by atoms with Crippen molar-refractivity contribution in [3.05, 3.63) is 52.9 Å². The summed E-state index contributed by atoms with van der Waals surface area (Å²) >= 11 is 6.03. The van der Waals surface area contributed by atoms with Crippen LogP contribution in [0.3, 0.4) is 0 Å². The molecular weight excluding hydrogens is 288 g/mol. The summed E-state index contributed by atoms with van der Waals surface area (Å²) in [4.78, 5) is 11.7. The molecule has 21 heavy (non-hydrogen) atoms. The molecule has 0 radical (unpaired) electrons. The molecule has 1 heterocycles. The lowest BCUT2D eigenvalue weighted by atomic mass is 10.1. The van der Waals surface area contributed by atoms with Gasteiger partial charge in [-0.2, -0.15) is 0 Å². The van der Waals surface area contributed by atoms with E-state index in [4.69, 9.17) is 16.0 Å². The number of aryl methyl sites for hydroxylation is 1. The molecule has 1 aromatic heterocycles. The molecule has 5 heteroatoms. The lowest BCUT2D eigenvalue weighted by Gasteiger charge is -2.15. The molecule has 2 N–H and O–H groups in total. The molecule has 0 saturated heterocycles. The van der Waals surface area contributed by atoms with Gasteiger partial charge in [0.15, 0.2) is 0 Å². The molecule has 0 aliphatic heterocycles. The fraction of sp³-hybridized carbons (Fsp3) is 0.312. The van der Waals surface area contributed by atoms with E-state index in [2.05, 4.69) is 17.6 Å². The maximum Gasteiger partial charge on any atom is 0.252 e. The summed E-state index contributed by atoms with van der Waals surface area (Å²) in [6, 6.07) is 9.49. The largest absolute Gasteiger partial charge is 0.469 e. The topological polar surface area (TPSA) is 54.3 Å². The molecule has 1 amide bonds. The Kier molecular flexibility index (Phi) is 5.28. The van der Waals surface area contributed by atoms with Gasteiger partial charge in [0.05, 0.1) is 16.8 Å². The number of carbonyl (C=O) groups excluding carboxylic acids is 1. The number of benzene rings is 1. The second-order valence-electron chi connectivity index (χ2n) is 4.94. The second-order valence-corrected chi connectivity index (χ2v) is 5.34. The summed E-state index contributed by atoms with van der Waals surface area (Å²) in [5, 5.41) is 6.40. The van der Waals surface area contributed by atoms with Crippen molar-refractivity contribution in [2.45, 2.75) is 25.8 Å². The van der Waals surface area contributed by atoms with Crippen molar-refractivity contribution in [3.63, 3.8) is 0 Å². The molecule has 0 spiro atoms. The van der Waals surface area contributed by atoms with E-state index >= 15 is 0 Å². The van der Waals surface area contributed by atoms with Crippen LogP contribution in [0.25, 0.3) is 0 Å². The van der Waals surface area contributed by atoms with Crippen LogP contribution in [0, 0.1) is 0 Å². The lowest BCUT2D eigenvalue weighted by molar-refractivity contribution is 0.0963. The standard InChI is InChI=1S/C16H19ClN2O2/c1-11(5-7-13-4-3-9-21-13)19-12-6-8-15(17)14(10-12)16(20)18-2/h3-4,6,8-11,19H,5,7H2,1-2H3,(H,18,20). The average Bonchev–Trinajstić information content (AvgIpc) is 2.99. The van der Waals surface area contributed by atoms with Crippen LogP contribution in [0.4, 0.5) is 5.69 Å². The predicted molar refractivity (Wildman–Crippen MR) is 85.0 cm³/mol. The minimum atomic E-state index is -0.188. The average molecular weight is 307 g/mol.